The molecule has 0 atom stereocenters. The molecule has 36 heavy (non-hydrogen) atoms. The van der Waals surface area contributed by atoms with Crippen molar-refractivity contribution in [3.8, 4) is 11.5 Å². The molecule has 1 aromatic rings. The van der Waals surface area contributed by atoms with Gasteiger partial charge in [-0.25, -0.2) is 0 Å². The number of rotatable bonds is 10. The number of aliphatic carboxylic acids is 3. The van der Waals surface area contributed by atoms with E-state index in [0.29, 0.717) is 58.1 Å². The molecule has 1 aromatic carbocycles. The molecule has 200 valence electrons. The first-order valence-electron chi connectivity index (χ1n) is 11.5. The average molecular weight is 511 g/mol. The van der Waals surface area contributed by atoms with Crippen LogP contribution >= 0.6 is 0 Å². The summed E-state index contributed by atoms with van der Waals surface area (Å²) in [5.41, 5.74) is 0. The minimum absolute atomic E-state index is 0.0923. The number of hydrogen-bond acceptors (Lipinski definition) is 10. The Morgan fingerprint density at radius 3 is 1.31 bits per heavy atom. The Labute approximate surface area is 209 Å². The van der Waals surface area contributed by atoms with Gasteiger partial charge in [0.2, 0.25) is 0 Å². The summed E-state index contributed by atoms with van der Waals surface area (Å²) >= 11 is 0. The fraction of sp³-hybridized carbons (Fsp3) is 0.565. The molecule has 0 amide bonds. The van der Waals surface area contributed by atoms with Gasteiger partial charge in [-0.2, -0.15) is 0 Å². The molecule has 3 N–H and O–H groups in total. The second kappa shape index (κ2) is 15.0. The van der Waals surface area contributed by atoms with Crippen molar-refractivity contribution in [2.75, 3.05) is 85.6 Å². The largest absolute Gasteiger partial charge is 0.493 e. The van der Waals surface area contributed by atoms with E-state index < -0.39 is 23.9 Å². The van der Waals surface area contributed by atoms with Crippen molar-refractivity contribution in [2.24, 2.45) is 0 Å². The third-order valence-corrected chi connectivity index (χ3v) is 5.65. The van der Waals surface area contributed by atoms with Gasteiger partial charge in [0.05, 0.1) is 33.3 Å². The van der Waals surface area contributed by atoms with Gasteiger partial charge in [0.1, 0.15) is 0 Å². The van der Waals surface area contributed by atoms with Crippen LogP contribution < -0.4 is 9.47 Å². The molecule has 13 heteroatoms. The molecular formula is C23H34N4O9. The summed E-state index contributed by atoms with van der Waals surface area (Å²) in [7, 11) is 1.47. The lowest BCUT2D eigenvalue weighted by Crippen LogP contribution is -2.49. The van der Waals surface area contributed by atoms with Gasteiger partial charge in [-0.3, -0.25) is 38.8 Å². The number of benzene rings is 1. The van der Waals surface area contributed by atoms with Gasteiger partial charge in [0.25, 0.3) is 0 Å². The van der Waals surface area contributed by atoms with E-state index >= 15 is 0 Å². The van der Waals surface area contributed by atoms with Crippen molar-refractivity contribution in [3.63, 3.8) is 0 Å². The minimum atomic E-state index is -1.02. The lowest BCUT2D eigenvalue weighted by Gasteiger charge is -2.32. The number of hydrogen-bond donors (Lipinski definition) is 3. The predicted molar refractivity (Wildman–Crippen MR) is 127 cm³/mol. The van der Waals surface area contributed by atoms with Crippen molar-refractivity contribution in [1.82, 2.24) is 19.6 Å². The number of methoxy groups -OCH3 is 1. The zero-order valence-corrected chi connectivity index (χ0v) is 20.4. The van der Waals surface area contributed by atoms with Crippen molar-refractivity contribution in [1.29, 1.82) is 0 Å². The molecule has 1 fully saturated rings. The number of ether oxygens (including phenoxy) is 2. The first-order chi connectivity index (χ1) is 17.2. The summed E-state index contributed by atoms with van der Waals surface area (Å²) in [5, 5.41) is 27.8. The third-order valence-electron chi connectivity index (χ3n) is 5.65. The normalized spacial score (nSPS) is 17.5. The highest BCUT2D eigenvalue weighted by molar-refractivity contribution is 5.75. The van der Waals surface area contributed by atoms with Crippen LogP contribution in [0.3, 0.4) is 0 Å². The van der Waals surface area contributed by atoms with Gasteiger partial charge >= 0.3 is 23.9 Å². The maximum Gasteiger partial charge on any atom is 0.325 e. The molecule has 0 aliphatic carbocycles. The summed E-state index contributed by atoms with van der Waals surface area (Å²) in [6, 6.07) is 6.74. The highest BCUT2D eigenvalue weighted by Gasteiger charge is 2.22. The minimum Gasteiger partial charge on any atom is -0.493 e. The molecule has 0 bridgehead atoms. The number of carbonyl (C=O) groups excluding carboxylic acids is 1. The Hall–Kier alpha value is -3.26. The summed E-state index contributed by atoms with van der Waals surface area (Å²) < 4.78 is 10.7. The quantitative estimate of drug-likeness (QED) is 0.262. The molecule has 1 aliphatic heterocycles. The van der Waals surface area contributed by atoms with Gasteiger partial charge in [-0.05, 0) is 12.1 Å². The van der Waals surface area contributed by atoms with Crippen molar-refractivity contribution in [3.05, 3.63) is 24.3 Å². The lowest BCUT2D eigenvalue weighted by atomic mass is 10.3. The van der Waals surface area contributed by atoms with Crippen molar-refractivity contribution < 1.29 is 44.0 Å². The predicted octanol–water partition coefficient (Wildman–Crippen LogP) is -0.924. The van der Waals surface area contributed by atoms with Crippen LogP contribution in [-0.4, -0.2) is 144 Å². The summed E-state index contributed by atoms with van der Waals surface area (Å²) in [6.07, 6.45) is 0. The molecule has 2 rings (SSSR count). The first-order valence-corrected chi connectivity index (χ1v) is 11.5. The van der Waals surface area contributed by atoms with E-state index in [2.05, 4.69) is 0 Å². The van der Waals surface area contributed by atoms with Crippen LogP contribution in [0.1, 0.15) is 0 Å². The van der Waals surface area contributed by atoms with Crippen LogP contribution in [0.5, 0.6) is 11.5 Å². The van der Waals surface area contributed by atoms with Crippen LogP contribution in [0.2, 0.25) is 0 Å². The Morgan fingerprint density at radius 1 is 0.639 bits per heavy atom. The van der Waals surface area contributed by atoms with E-state index in [1.807, 2.05) is 0 Å². The number of para-hydroxylation sites is 2. The van der Waals surface area contributed by atoms with E-state index in [-0.39, 0.29) is 31.9 Å². The molecule has 13 nitrogen and oxygen atoms in total. The van der Waals surface area contributed by atoms with E-state index in [1.165, 1.54) is 7.11 Å². The number of carbonyl (C=O) groups is 4. The van der Waals surface area contributed by atoms with Crippen LogP contribution in [0.4, 0.5) is 0 Å². The summed E-state index contributed by atoms with van der Waals surface area (Å²) in [6.45, 7) is 1.71. The van der Waals surface area contributed by atoms with Gasteiger partial charge < -0.3 is 24.8 Å². The van der Waals surface area contributed by atoms with Crippen LogP contribution in [0, 0.1) is 0 Å². The number of carboxylic acid groups (broad SMARTS) is 3. The van der Waals surface area contributed by atoms with Crippen molar-refractivity contribution >= 4 is 23.9 Å². The Kier molecular flexibility index (Phi) is 12.1. The van der Waals surface area contributed by atoms with E-state index in [9.17, 15) is 34.5 Å². The zero-order valence-electron chi connectivity index (χ0n) is 20.4. The summed E-state index contributed by atoms with van der Waals surface area (Å²) in [5.74, 6) is -2.89. The fourth-order valence-corrected chi connectivity index (χ4v) is 3.83. The Morgan fingerprint density at radius 2 is 0.972 bits per heavy atom. The SMILES string of the molecule is COc1ccccc1OC(=O)CN1CCN(CC(=O)O)CCN(CC(=O)O)CCN(CC(=O)O)CC1. The molecular weight excluding hydrogens is 476 g/mol. The molecule has 0 radical (unpaired) electrons. The van der Waals surface area contributed by atoms with Crippen LogP contribution in [-0.2, 0) is 19.2 Å². The molecule has 0 aromatic heterocycles. The third kappa shape index (κ3) is 11.0. The molecule has 1 saturated heterocycles. The zero-order chi connectivity index (χ0) is 26.5. The summed E-state index contributed by atoms with van der Waals surface area (Å²) in [4.78, 5) is 53.5. The smallest absolute Gasteiger partial charge is 0.325 e. The van der Waals surface area contributed by atoms with Gasteiger partial charge in [-0.15, -0.1) is 0 Å². The van der Waals surface area contributed by atoms with Crippen LogP contribution in [0.25, 0.3) is 0 Å². The second-order valence-corrected chi connectivity index (χ2v) is 8.41. The van der Waals surface area contributed by atoms with Gasteiger partial charge in [0.15, 0.2) is 11.5 Å². The lowest BCUT2D eigenvalue weighted by molar-refractivity contribution is -0.141. The second-order valence-electron chi connectivity index (χ2n) is 8.41. The Balaban J connectivity index is 2.14. The molecule has 1 heterocycles. The molecule has 0 unspecified atom stereocenters. The molecule has 1 aliphatic rings. The monoisotopic (exact) mass is 510 g/mol. The van der Waals surface area contributed by atoms with Gasteiger partial charge in [0, 0.05) is 52.4 Å². The topological polar surface area (TPSA) is 160 Å². The van der Waals surface area contributed by atoms with E-state index in [4.69, 9.17) is 9.47 Å². The van der Waals surface area contributed by atoms with Crippen molar-refractivity contribution in [2.45, 2.75) is 0 Å². The maximum absolute atomic E-state index is 12.7. The van der Waals surface area contributed by atoms with E-state index in [0.717, 1.165) is 0 Å². The standard InChI is InChI=1S/C23H34N4O9/c1-35-18-4-2-3-5-19(18)36-23(34)17-27-12-10-25(15-21(30)31)8-6-24(14-20(28)29)7-9-26(11-13-27)16-22(32)33/h2-5H,6-17H2,1H3,(H,28,29)(H,30,31)(H,32,33). The van der Waals surface area contributed by atoms with Crippen LogP contribution in [0.15, 0.2) is 24.3 Å². The number of nitrogens with zero attached hydrogens (tertiary/aromatic N) is 4. The average Bonchev–Trinajstić information content (AvgIpc) is 2.80. The number of esters is 1. The highest BCUT2D eigenvalue weighted by atomic mass is 16.6. The van der Waals surface area contributed by atoms with E-state index in [1.54, 1.807) is 43.9 Å². The molecule has 0 saturated carbocycles. The first kappa shape index (κ1) is 29.0. The number of carboxylic acids is 3. The molecule has 0 spiro atoms. The van der Waals surface area contributed by atoms with Gasteiger partial charge in [-0.1, -0.05) is 12.1 Å². The maximum atomic E-state index is 12.7. The highest BCUT2D eigenvalue weighted by Crippen LogP contribution is 2.25. The fourth-order valence-electron chi connectivity index (χ4n) is 3.83. The Bertz CT molecular complexity index is 866.